The molecule has 9 nitrogen and oxygen atoms in total. The van der Waals surface area contributed by atoms with Gasteiger partial charge in [0, 0.05) is 37.6 Å². The molecule has 0 aliphatic heterocycles. The Morgan fingerprint density at radius 3 is 2.37 bits per heavy atom. The van der Waals surface area contributed by atoms with Crippen molar-refractivity contribution in [2.75, 3.05) is 0 Å². The van der Waals surface area contributed by atoms with E-state index in [0.717, 1.165) is 26.5 Å². The van der Waals surface area contributed by atoms with Crippen LogP contribution in [0.15, 0.2) is 103 Å². The lowest BCUT2D eigenvalue weighted by Gasteiger charge is -2.10. The normalized spacial score (nSPS) is 11.1. The van der Waals surface area contributed by atoms with Crippen LogP contribution in [0.2, 0.25) is 0 Å². The van der Waals surface area contributed by atoms with E-state index in [0.29, 0.717) is 20.2 Å². The zero-order valence-corrected chi connectivity index (χ0v) is 25.5. The van der Waals surface area contributed by atoms with Gasteiger partial charge in [0.1, 0.15) is 5.69 Å². The van der Waals surface area contributed by atoms with Gasteiger partial charge in [-0.15, -0.1) is 0 Å². The number of aromatic amines is 1. The molecule has 0 aliphatic rings. The first-order chi connectivity index (χ1) is 19.7. The lowest BCUT2D eigenvalue weighted by atomic mass is 10.0. The van der Waals surface area contributed by atoms with Crippen molar-refractivity contribution in [3.8, 4) is 16.9 Å². The average molecular weight is 741 g/mol. The molecule has 0 saturated carbocycles. The first-order valence-corrected chi connectivity index (χ1v) is 14.3. The van der Waals surface area contributed by atoms with Crippen LogP contribution in [-0.2, 0) is 0 Å². The molecule has 0 spiro atoms. The summed E-state index contributed by atoms with van der Waals surface area (Å²) in [6, 6.07) is 23.7. The van der Waals surface area contributed by atoms with Crippen molar-refractivity contribution in [3.05, 3.63) is 125 Å². The fourth-order valence-corrected chi connectivity index (χ4v) is 5.93. The van der Waals surface area contributed by atoms with Crippen LogP contribution in [0.4, 0.5) is 5.69 Å². The van der Waals surface area contributed by atoms with Gasteiger partial charge in [-0.3, -0.25) is 14.9 Å². The van der Waals surface area contributed by atoms with E-state index in [1.807, 2.05) is 48.5 Å². The highest BCUT2D eigenvalue weighted by Crippen LogP contribution is 2.36. The summed E-state index contributed by atoms with van der Waals surface area (Å²) in [5, 5.41) is 15.9. The minimum absolute atomic E-state index is 0.125. The molecule has 5 aromatic rings. The molecule has 0 unspecified atom stereocenters. The maximum Gasteiger partial charge on any atom is 0.343 e. The predicted octanol–water partition coefficient (Wildman–Crippen LogP) is 8.01. The number of H-pyrrole nitrogens is 1. The molecule has 5 rings (SSSR count). The Hall–Kier alpha value is -4.13. The van der Waals surface area contributed by atoms with Crippen LogP contribution >= 0.6 is 47.8 Å². The lowest BCUT2D eigenvalue weighted by Crippen LogP contribution is -2.19. The molecule has 1 amide bonds. The van der Waals surface area contributed by atoms with Crippen molar-refractivity contribution in [3.63, 3.8) is 0 Å². The summed E-state index contributed by atoms with van der Waals surface area (Å²) in [7, 11) is 0. The Kier molecular flexibility index (Phi) is 8.43. The quantitative estimate of drug-likeness (QED) is 0.0575. The summed E-state index contributed by atoms with van der Waals surface area (Å²) < 4.78 is 7.52. The topological polar surface area (TPSA) is 127 Å². The van der Waals surface area contributed by atoms with E-state index in [9.17, 15) is 19.7 Å². The second-order valence-corrected chi connectivity index (χ2v) is 11.2. The number of rotatable bonds is 7. The van der Waals surface area contributed by atoms with Crippen molar-refractivity contribution in [2.24, 2.45) is 5.10 Å². The van der Waals surface area contributed by atoms with Crippen LogP contribution in [0.1, 0.15) is 26.4 Å². The van der Waals surface area contributed by atoms with E-state index in [1.165, 1.54) is 30.5 Å². The monoisotopic (exact) mass is 738 g/mol. The highest BCUT2D eigenvalue weighted by molar-refractivity contribution is 9.11. The first-order valence-electron chi connectivity index (χ1n) is 11.9. The van der Waals surface area contributed by atoms with E-state index < -0.39 is 16.8 Å². The minimum Gasteiger partial charge on any atom is -0.421 e. The molecule has 2 N–H and O–H groups in total. The van der Waals surface area contributed by atoms with Crippen molar-refractivity contribution < 1.29 is 19.2 Å². The number of aromatic nitrogens is 1. The summed E-state index contributed by atoms with van der Waals surface area (Å²) in [6.07, 6.45) is 1.35. The SMILES string of the molecule is O=C(Oc1c(Br)cc(Br)cc1C=NNC(=O)c1[nH]c2c(Br)cccc2c1-c1ccccc1)c1ccc([N+](=O)[O-])cc1. The molecule has 41 heavy (non-hydrogen) atoms. The van der Waals surface area contributed by atoms with Gasteiger partial charge in [-0.05, 0) is 67.8 Å². The number of nitro groups is 1. The molecular weight excluding hydrogens is 724 g/mol. The Bertz CT molecular complexity index is 1840. The molecule has 0 atom stereocenters. The number of carbonyl (C=O) groups excluding carboxylic acids is 2. The number of benzene rings is 4. The number of para-hydroxylation sites is 1. The van der Waals surface area contributed by atoms with E-state index in [-0.39, 0.29) is 17.0 Å². The third kappa shape index (κ3) is 6.14. The average Bonchev–Trinajstić information content (AvgIpc) is 3.36. The minimum atomic E-state index is -0.724. The number of hydrogen-bond donors (Lipinski definition) is 2. The van der Waals surface area contributed by atoms with E-state index in [2.05, 4.69) is 63.3 Å². The molecular formula is C29H17Br3N4O5. The number of non-ortho nitro benzene ring substituents is 1. The van der Waals surface area contributed by atoms with Gasteiger partial charge in [-0.1, -0.05) is 58.4 Å². The number of hydrogen-bond acceptors (Lipinski definition) is 6. The number of ether oxygens (including phenoxy) is 1. The van der Waals surface area contributed by atoms with Gasteiger partial charge in [-0.2, -0.15) is 5.10 Å². The Labute approximate surface area is 258 Å². The van der Waals surface area contributed by atoms with Crippen molar-refractivity contribution >= 4 is 82.5 Å². The number of nitro benzene ring substituents is 1. The highest BCUT2D eigenvalue weighted by Gasteiger charge is 2.21. The van der Waals surface area contributed by atoms with Gasteiger partial charge in [0.15, 0.2) is 5.75 Å². The van der Waals surface area contributed by atoms with Gasteiger partial charge in [0.25, 0.3) is 11.6 Å². The van der Waals surface area contributed by atoms with Gasteiger partial charge in [-0.25, -0.2) is 10.2 Å². The maximum atomic E-state index is 13.3. The second-order valence-electron chi connectivity index (χ2n) is 8.60. The van der Waals surface area contributed by atoms with Crippen molar-refractivity contribution in [2.45, 2.75) is 0 Å². The van der Waals surface area contributed by atoms with Gasteiger partial charge in [0.05, 0.1) is 26.7 Å². The number of nitrogens with zero attached hydrogens (tertiary/aromatic N) is 2. The van der Waals surface area contributed by atoms with Crippen LogP contribution in [0.5, 0.6) is 5.75 Å². The van der Waals surface area contributed by atoms with Crippen LogP contribution in [0, 0.1) is 10.1 Å². The summed E-state index contributed by atoms with van der Waals surface area (Å²) in [6.45, 7) is 0. The smallest absolute Gasteiger partial charge is 0.343 e. The Balaban J connectivity index is 1.42. The highest BCUT2D eigenvalue weighted by atomic mass is 79.9. The lowest BCUT2D eigenvalue weighted by molar-refractivity contribution is -0.384. The zero-order chi connectivity index (χ0) is 29.1. The van der Waals surface area contributed by atoms with E-state index in [1.54, 1.807) is 12.1 Å². The fourth-order valence-electron chi connectivity index (χ4n) is 4.13. The van der Waals surface area contributed by atoms with E-state index in [4.69, 9.17) is 4.74 Å². The molecule has 0 fully saturated rings. The van der Waals surface area contributed by atoms with Crippen LogP contribution in [0.3, 0.4) is 0 Å². The van der Waals surface area contributed by atoms with Crippen LogP contribution in [0.25, 0.3) is 22.0 Å². The third-order valence-corrected chi connectivity index (χ3v) is 7.70. The molecule has 1 aromatic heterocycles. The van der Waals surface area contributed by atoms with Gasteiger partial charge >= 0.3 is 5.97 Å². The fraction of sp³-hybridized carbons (Fsp3) is 0. The van der Waals surface area contributed by atoms with Crippen LogP contribution < -0.4 is 10.2 Å². The van der Waals surface area contributed by atoms with Crippen LogP contribution in [-0.4, -0.2) is 28.0 Å². The number of carbonyl (C=O) groups is 2. The van der Waals surface area contributed by atoms with Gasteiger partial charge in [0.2, 0.25) is 0 Å². The number of fused-ring (bicyclic) bond motifs is 1. The molecule has 4 aromatic carbocycles. The third-order valence-electron chi connectivity index (χ3n) is 5.99. The Morgan fingerprint density at radius 1 is 0.927 bits per heavy atom. The number of nitrogens with one attached hydrogen (secondary N) is 2. The second kappa shape index (κ2) is 12.2. The maximum absolute atomic E-state index is 13.3. The van der Waals surface area contributed by atoms with Gasteiger partial charge < -0.3 is 9.72 Å². The summed E-state index contributed by atoms with van der Waals surface area (Å²) in [5.41, 5.74) is 5.61. The molecule has 0 aliphatic carbocycles. The molecule has 1 heterocycles. The summed E-state index contributed by atoms with van der Waals surface area (Å²) in [5.74, 6) is -1.05. The number of hydrazone groups is 1. The molecule has 12 heteroatoms. The largest absolute Gasteiger partial charge is 0.421 e. The molecule has 0 radical (unpaired) electrons. The van der Waals surface area contributed by atoms with Crippen molar-refractivity contribution in [1.82, 2.24) is 10.4 Å². The Morgan fingerprint density at radius 2 is 1.66 bits per heavy atom. The zero-order valence-electron chi connectivity index (χ0n) is 20.7. The number of halogens is 3. The van der Waals surface area contributed by atoms with Crippen molar-refractivity contribution in [1.29, 1.82) is 0 Å². The van der Waals surface area contributed by atoms with E-state index >= 15 is 0 Å². The summed E-state index contributed by atoms with van der Waals surface area (Å²) in [4.78, 5) is 39.7. The number of amides is 1. The molecule has 204 valence electrons. The molecule has 0 bridgehead atoms. The summed E-state index contributed by atoms with van der Waals surface area (Å²) >= 11 is 10.3. The first kappa shape index (κ1) is 28.4. The number of esters is 1. The predicted molar refractivity (Wildman–Crippen MR) is 166 cm³/mol. The molecule has 0 saturated heterocycles. The standard InChI is InChI=1S/C29H17Br3N4O5/c30-19-13-18(27(23(32)14-19)41-29(38)17-9-11-20(12-10-17)36(39)40)15-33-35-28(37)26-24(16-5-2-1-3-6-16)21-7-4-8-22(31)25(21)34-26/h1-15,34H,(H,35,37).